The summed E-state index contributed by atoms with van der Waals surface area (Å²) in [4.78, 5) is 0. The van der Waals surface area contributed by atoms with Crippen LogP contribution in [-0.4, -0.2) is 24.4 Å². The first-order valence-corrected chi connectivity index (χ1v) is 5.21. The van der Waals surface area contributed by atoms with E-state index in [9.17, 15) is 0 Å². The molecule has 1 rings (SSSR count). The number of rotatable bonds is 4. The molecule has 0 saturated heterocycles. The molecule has 0 aliphatic rings. The second-order valence-electron chi connectivity index (χ2n) is 2.94. The van der Waals surface area contributed by atoms with Crippen LogP contribution in [0.15, 0.2) is 18.2 Å². The summed E-state index contributed by atoms with van der Waals surface area (Å²) in [5, 5.41) is 0. The van der Waals surface area contributed by atoms with Gasteiger partial charge in [-0.3, -0.25) is 0 Å². The zero-order chi connectivity index (χ0) is 10.6. The lowest BCUT2D eigenvalue weighted by atomic mass is 10.2. The van der Waals surface area contributed by atoms with Crippen LogP contribution in [0.5, 0.6) is 11.5 Å². The van der Waals surface area contributed by atoms with Crippen molar-refractivity contribution in [3.8, 4) is 11.5 Å². The van der Waals surface area contributed by atoms with Gasteiger partial charge in [0.1, 0.15) is 11.5 Å². The molecule has 0 bridgehead atoms. The second kappa shape index (κ2) is 5.41. The fourth-order valence-electron chi connectivity index (χ4n) is 1.22. The first kappa shape index (κ1) is 11.6. The third kappa shape index (κ3) is 3.02. The molecule has 0 aromatic heterocycles. The average Bonchev–Trinajstić information content (AvgIpc) is 2.17. The minimum Gasteiger partial charge on any atom is -0.497 e. The number of halogens is 1. The summed E-state index contributed by atoms with van der Waals surface area (Å²) in [5.74, 6) is 1.69. The highest BCUT2D eigenvalue weighted by Gasteiger charge is 2.05. The Kier molecular flexibility index (Phi) is 4.47. The fraction of sp³-hybridized carbons (Fsp3) is 0.400. The quantitative estimate of drug-likeness (QED) is 0.630. The number of hydrogen-bond donors (Lipinski definition) is 0. The first-order valence-electron chi connectivity index (χ1n) is 4.25. The van der Waals surface area contributed by atoms with Crippen molar-refractivity contribution in [1.82, 2.24) is 3.11 Å². The van der Waals surface area contributed by atoms with Crippen LogP contribution in [0.4, 0.5) is 0 Å². The summed E-state index contributed by atoms with van der Waals surface area (Å²) < 4.78 is 12.5. The maximum atomic E-state index is 5.28. The van der Waals surface area contributed by atoms with Gasteiger partial charge in [0.05, 0.1) is 14.2 Å². The van der Waals surface area contributed by atoms with Crippen LogP contribution in [0.2, 0.25) is 0 Å². The molecule has 0 aliphatic heterocycles. The number of hydrogen-bond acceptors (Lipinski definition) is 3. The largest absolute Gasteiger partial charge is 0.497 e. The zero-order valence-electron chi connectivity index (χ0n) is 8.58. The fourth-order valence-corrected chi connectivity index (χ4v) is 1.58. The predicted molar refractivity (Wildman–Crippen MR) is 65.0 cm³/mol. The Morgan fingerprint density at radius 2 is 2.00 bits per heavy atom. The van der Waals surface area contributed by atoms with Crippen molar-refractivity contribution in [1.29, 1.82) is 0 Å². The predicted octanol–water partition coefficient (Wildman–Crippen LogP) is 2.49. The Morgan fingerprint density at radius 3 is 2.50 bits per heavy atom. The Morgan fingerprint density at radius 1 is 1.29 bits per heavy atom. The molecule has 0 saturated carbocycles. The molecule has 0 fully saturated rings. The van der Waals surface area contributed by atoms with E-state index in [1.165, 1.54) is 0 Å². The lowest BCUT2D eigenvalue weighted by Crippen LogP contribution is -2.04. The summed E-state index contributed by atoms with van der Waals surface area (Å²) in [7, 11) is 5.34. The Hall–Kier alpha value is -0.490. The van der Waals surface area contributed by atoms with E-state index in [1.807, 2.05) is 25.2 Å². The summed E-state index contributed by atoms with van der Waals surface area (Å²) in [5.41, 5.74) is 1.16. The van der Waals surface area contributed by atoms with E-state index in [4.69, 9.17) is 9.47 Å². The molecule has 0 N–H and O–H groups in total. The number of ether oxygens (including phenoxy) is 2. The van der Waals surface area contributed by atoms with Crippen LogP contribution in [0, 0.1) is 0 Å². The van der Waals surface area contributed by atoms with E-state index in [1.54, 1.807) is 14.2 Å². The number of methoxy groups -OCH3 is 2. The van der Waals surface area contributed by atoms with E-state index in [-0.39, 0.29) is 0 Å². The highest BCUT2D eigenvalue weighted by molar-refractivity contribution is 14.1. The minimum absolute atomic E-state index is 0.821. The van der Waals surface area contributed by atoms with Crippen molar-refractivity contribution in [3.05, 3.63) is 23.8 Å². The van der Waals surface area contributed by atoms with E-state index < -0.39 is 0 Å². The van der Waals surface area contributed by atoms with Gasteiger partial charge in [0, 0.05) is 41.0 Å². The monoisotopic (exact) mass is 307 g/mol. The van der Waals surface area contributed by atoms with Gasteiger partial charge in [-0.15, -0.1) is 0 Å². The van der Waals surface area contributed by atoms with Crippen molar-refractivity contribution < 1.29 is 9.47 Å². The highest BCUT2D eigenvalue weighted by atomic mass is 127. The van der Waals surface area contributed by atoms with Crippen LogP contribution in [0.25, 0.3) is 0 Å². The summed E-state index contributed by atoms with van der Waals surface area (Å²) >= 11 is 2.24. The summed E-state index contributed by atoms with van der Waals surface area (Å²) in [6.45, 7) is 0.855. The third-order valence-electron chi connectivity index (χ3n) is 1.88. The van der Waals surface area contributed by atoms with Gasteiger partial charge in [-0.25, -0.2) is 3.11 Å². The normalized spacial score (nSPS) is 10.4. The molecule has 0 aliphatic carbocycles. The van der Waals surface area contributed by atoms with Crippen LogP contribution in [0.1, 0.15) is 5.56 Å². The molecular formula is C10H14INO2. The molecular weight excluding hydrogens is 293 g/mol. The van der Waals surface area contributed by atoms with E-state index >= 15 is 0 Å². The number of benzene rings is 1. The molecule has 0 spiro atoms. The lowest BCUT2D eigenvalue weighted by Gasteiger charge is -2.12. The van der Waals surface area contributed by atoms with E-state index in [2.05, 4.69) is 26.0 Å². The molecule has 0 radical (unpaired) electrons. The van der Waals surface area contributed by atoms with Gasteiger partial charge < -0.3 is 9.47 Å². The number of nitrogens with zero attached hydrogens (tertiary/aromatic N) is 1. The van der Waals surface area contributed by atoms with Gasteiger partial charge >= 0.3 is 0 Å². The smallest absolute Gasteiger partial charge is 0.127 e. The first-order chi connectivity index (χ1) is 6.67. The maximum Gasteiger partial charge on any atom is 0.127 e. The summed E-state index contributed by atoms with van der Waals surface area (Å²) in [6.07, 6.45) is 0. The van der Waals surface area contributed by atoms with Gasteiger partial charge in [-0.05, 0) is 13.1 Å². The topological polar surface area (TPSA) is 21.7 Å². The molecule has 4 heteroatoms. The van der Waals surface area contributed by atoms with Crippen LogP contribution in [0.3, 0.4) is 0 Å². The molecule has 14 heavy (non-hydrogen) atoms. The van der Waals surface area contributed by atoms with Gasteiger partial charge in [0.15, 0.2) is 0 Å². The highest BCUT2D eigenvalue weighted by Crippen LogP contribution is 2.25. The van der Waals surface area contributed by atoms with E-state index in [0.29, 0.717) is 0 Å². The van der Waals surface area contributed by atoms with Crippen molar-refractivity contribution in [2.24, 2.45) is 0 Å². The van der Waals surface area contributed by atoms with Crippen LogP contribution < -0.4 is 9.47 Å². The maximum absolute atomic E-state index is 5.28. The molecule has 0 atom stereocenters. The van der Waals surface area contributed by atoms with Gasteiger partial charge in [0.2, 0.25) is 0 Å². The van der Waals surface area contributed by atoms with Gasteiger partial charge in [-0.2, -0.15) is 0 Å². The average molecular weight is 307 g/mol. The molecule has 1 aromatic carbocycles. The third-order valence-corrected chi connectivity index (χ3v) is 2.22. The SMILES string of the molecule is COc1ccc(CN(C)I)c(OC)c1. The molecule has 0 amide bonds. The zero-order valence-corrected chi connectivity index (χ0v) is 10.7. The van der Waals surface area contributed by atoms with Crippen LogP contribution >= 0.6 is 22.9 Å². The Labute approximate surface area is 98.5 Å². The molecule has 1 aromatic rings. The van der Waals surface area contributed by atoms with Crippen molar-refractivity contribution in [2.45, 2.75) is 6.54 Å². The standard InChI is InChI=1S/C10H14INO2/c1-12(11)7-8-4-5-9(13-2)6-10(8)14-3/h4-6H,7H2,1-3H3. The molecule has 0 unspecified atom stereocenters. The minimum atomic E-state index is 0.821. The molecule has 3 nitrogen and oxygen atoms in total. The van der Waals surface area contributed by atoms with Crippen molar-refractivity contribution in [2.75, 3.05) is 21.3 Å². The molecule has 78 valence electrons. The lowest BCUT2D eigenvalue weighted by molar-refractivity contribution is 0.388. The second-order valence-corrected chi connectivity index (χ2v) is 4.59. The Balaban J connectivity index is 2.93. The van der Waals surface area contributed by atoms with Gasteiger partial charge in [0.25, 0.3) is 0 Å². The summed E-state index contributed by atoms with van der Waals surface area (Å²) in [6, 6.07) is 5.86. The van der Waals surface area contributed by atoms with Crippen molar-refractivity contribution >= 4 is 22.9 Å². The molecule has 0 heterocycles. The van der Waals surface area contributed by atoms with Crippen molar-refractivity contribution in [3.63, 3.8) is 0 Å². The van der Waals surface area contributed by atoms with Crippen LogP contribution in [-0.2, 0) is 6.54 Å². The Bertz CT molecular complexity index is 302. The van der Waals surface area contributed by atoms with Gasteiger partial charge in [-0.1, -0.05) is 6.07 Å². The van der Waals surface area contributed by atoms with E-state index in [0.717, 1.165) is 23.6 Å².